The van der Waals surface area contributed by atoms with E-state index in [-0.39, 0.29) is 29.2 Å². The Morgan fingerprint density at radius 3 is 1.79 bits per heavy atom. The number of rotatable bonds is 5. The number of ether oxygens (including phenoxy) is 1. The van der Waals surface area contributed by atoms with Gasteiger partial charge in [0.25, 0.3) is 5.91 Å². The van der Waals surface area contributed by atoms with Crippen molar-refractivity contribution >= 4 is 35.1 Å². The number of carbonyl (C=O) groups is 4. The first-order chi connectivity index (χ1) is 20.3. The van der Waals surface area contributed by atoms with Crippen molar-refractivity contribution in [3.05, 3.63) is 130 Å². The summed E-state index contributed by atoms with van der Waals surface area (Å²) in [5.41, 5.74) is 7.67. The van der Waals surface area contributed by atoms with Crippen LogP contribution in [0.2, 0.25) is 0 Å². The second kappa shape index (κ2) is 9.80. The van der Waals surface area contributed by atoms with Crippen molar-refractivity contribution in [2.75, 3.05) is 16.8 Å². The monoisotopic (exact) mass is 556 g/mol. The van der Waals surface area contributed by atoms with Gasteiger partial charge in [0.1, 0.15) is 0 Å². The number of benzene rings is 4. The highest BCUT2D eigenvalue weighted by molar-refractivity contribution is 6.23. The van der Waals surface area contributed by atoms with Gasteiger partial charge in [-0.1, -0.05) is 60.7 Å². The van der Waals surface area contributed by atoms with Crippen LogP contribution in [-0.4, -0.2) is 30.3 Å². The fourth-order valence-electron chi connectivity index (χ4n) is 6.95. The number of imide groups is 1. The Kier molecular flexibility index (Phi) is 6.04. The van der Waals surface area contributed by atoms with Crippen LogP contribution in [0.4, 0.5) is 11.4 Å². The van der Waals surface area contributed by atoms with Gasteiger partial charge in [-0.2, -0.15) is 0 Å². The molecule has 2 atom stereocenters. The van der Waals surface area contributed by atoms with Crippen molar-refractivity contribution in [3.8, 4) is 0 Å². The Bertz CT molecular complexity index is 1680. The third-order valence-electron chi connectivity index (χ3n) is 8.81. The topological polar surface area (TPSA) is 92.8 Å². The highest BCUT2D eigenvalue weighted by Gasteiger charge is 2.61. The lowest BCUT2D eigenvalue weighted by atomic mass is 9.55. The molecule has 7 heteroatoms. The van der Waals surface area contributed by atoms with Crippen LogP contribution < -0.4 is 10.2 Å². The second-order valence-electron chi connectivity index (χ2n) is 11.3. The van der Waals surface area contributed by atoms with Gasteiger partial charge in [-0.05, 0) is 77.6 Å². The minimum atomic E-state index is -0.672. The summed E-state index contributed by atoms with van der Waals surface area (Å²) < 4.78 is 5.23. The zero-order valence-electron chi connectivity index (χ0n) is 23.2. The van der Waals surface area contributed by atoms with Gasteiger partial charge in [-0.25, -0.2) is 9.69 Å². The highest BCUT2D eigenvalue weighted by atomic mass is 16.5. The van der Waals surface area contributed by atoms with Crippen LogP contribution >= 0.6 is 0 Å². The standard InChI is InChI=1S/C35H28N2O5/c1-19-11-12-20(2)27(17-19)36-28(38)18-42-35(41)21-13-15-22(16-14-21)37-33(39)31-29-23-7-3-4-8-24(23)30(32(31)34(37)40)26-10-6-5-9-25(26)29/h3-17,29-32H,18H2,1-2H3,(H,36,38)/t29?,30?,31-,32-/m1/s1. The van der Waals surface area contributed by atoms with Crippen LogP contribution in [0.5, 0.6) is 0 Å². The van der Waals surface area contributed by atoms with Gasteiger partial charge in [0, 0.05) is 17.5 Å². The molecule has 4 aromatic rings. The van der Waals surface area contributed by atoms with E-state index in [1.807, 2.05) is 56.3 Å². The molecule has 0 spiro atoms. The van der Waals surface area contributed by atoms with Crippen LogP contribution in [0.3, 0.4) is 0 Å². The zero-order chi connectivity index (χ0) is 29.1. The summed E-state index contributed by atoms with van der Waals surface area (Å²) in [5, 5.41) is 2.77. The highest BCUT2D eigenvalue weighted by Crippen LogP contribution is 2.61. The van der Waals surface area contributed by atoms with Gasteiger partial charge >= 0.3 is 5.97 Å². The molecule has 1 aliphatic heterocycles. The average Bonchev–Trinajstić information content (AvgIpc) is 3.27. The normalized spacial score (nSPS) is 21.4. The molecule has 3 amide bonds. The molecule has 4 aromatic carbocycles. The molecule has 1 fully saturated rings. The van der Waals surface area contributed by atoms with Crippen LogP contribution in [0.25, 0.3) is 0 Å². The number of anilines is 2. The summed E-state index contributed by atoms with van der Waals surface area (Å²) in [5.74, 6) is -2.88. The molecule has 1 N–H and O–H groups in total. The molecule has 1 saturated heterocycles. The number of hydrogen-bond donors (Lipinski definition) is 1. The van der Waals surface area contributed by atoms with E-state index in [1.54, 1.807) is 12.1 Å². The molecule has 42 heavy (non-hydrogen) atoms. The maximum Gasteiger partial charge on any atom is 0.338 e. The molecular formula is C35H28N2O5. The summed E-state index contributed by atoms with van der Waals surface area (Å²) in [6.45, 7) is 3.37. The molecule has 2 bridgehead atoms. The Balaban J connectivity index is 1.09. The van der Waals surface area contributed by atoms with Crippen molar-refractivity contribution in [3.63, 3.8) is 0 Å². The van der Waals surface area contributed by atoms with Crippen molar-refractivity contribution < 1.29 is 23.9 Å². The number of nitrogens with zero attached hydrogens (tertiary/aromatic N) is 1. The van der Waals surface area contributed by atoms with E-state index in [4.69, 9.17) is 4.74 Å². The van der Waals surface area contributed by atoms with Gasteiger partial charge in [0.05, 0.1) is 23.1 Å². The minimum Gasteiger partial charge on any atom is -0.452 e. The molecule has 208 valence electrons. The first-order valence-corrected chi connectivity index (χ1v) is 14.0. The van der Waals surface area contributed by atoms with Gasteiger partial charge in [-0.3, -0.25) is 14.4 Å². The summed E-state index contributed by atoms with van der Waals surface area (Å²) >= 11 is 0. The molecule has 0 saturated carbocycles. The van der Waals surface area contributed by atoms with E-state index < -0.39 is 30.3 Å². The van der Waals surface area contributed by atoms with E-state index in [0.29, 0.717) is 11.4 Å². The van der Waals surface area contributed by atoms with Gasteiger partial charge in [-0.15, -0.1) is 0 Å². The molecule has 1 heterocycles. The van der Waals surface area contributed by atoms with Crippen LogP contribution in [-0.2, 0) is 19.1 Å². The minimum absolute atomic E-state index is 0.183. The van der Waals surface area contributed by atoms with Crippen molar-refractivity contribution in [1.29, 1.82) is 0 Å². The lowest BCUT2D eigenvalue weighted by Crippen LogP contribution is -2.41. The fraction of sp³-hybridized carbons (Fsp3) is 0.200. The summed E-state index contributed by atoms with van der Waals surface area (Å²) in [7, 11) is 0. The number of esters is 1. The fourth-order valence-corrected chi connectivity index (χ4v) is 6.95. The number of aryl methyl sites for hydroxylation is 2. The maximum atomic E-state index is 13.9. The predicted molar refractivity (Wildman–Crippen MR) is 157 cm³/mol. The van der Waals surface area contributed by atoms with Crippen molar-refractivity contribution in [2.45, 2.75) is 25.7 Å². The van der Waals surface area contributed by atoms with Gasteiger partial charge in [0.2, 0.25) is 11.8 Å². The smallest absolute Gasteiger partial charge is 0.338 e. The molecule has 0 unspecified atom stereocenters. The number of nitrogens with one attached hydrogen (secondary N) is 1. The Hall–Kier alpha value is -5.04. The summed E-state index contributed by atoms with van der Waals surface area (Å²) in [6, 6.07) is 28.2. The lowest BCUT2D eigenvalue weighted by Gasteiger charge is -2.45. The number of carbonyl (C=O) groups excluding carboxylic acids is 4. The van der Waals surface area contributed by atoms with E-state index in [1.165, 1.54) is 17.0 Å². The van der Waals surface area contributed by atoms with Crippen molar-refractivity contribution in [2.24, 2.45) is 11.8 Å². The van der Waals surface area contributed by atoms with Crippen LogP contribution in [0.15, 0.2) is 91.0 Å². The van der Waals surface area contributed by atoms with E-state index in [2.05, 4.69) is 29.6 Å². The van der Waals surface area contributed by atoms with Crippen LogP contribution in [0, 0.1) is 25.7 Å². The molecule has 7 nitrogen and oxygen atoms in total. The average molecular weight is 557 g/mol. The summed E-state index contributed by atoms with van der Waals surface area (Å²) in [4.78, 5) is 54.2. The third kappa shape index (κ3) is 3.96. The van der Waals surface area contributed by atoms with E-state index in [9.17, 15) is 19.2 Å². The second-order valence-corrected chi connectivity index (χ2v) is 11.3. The first kappa shape index (κ1) is 25.9. The van der Waals surface area contributed by atoms with Gasteiger partial charge < -0.3 is 10.1 Å². The first-order valence-electron chi connectivity index (χ1n) is 14.0. The number of hydrogen-bond acceptors (Lipinski definition) is 5. The molecule has 0 aromatic heterocycles. The Labute approximate surface area is 243 Å². The molecular weight excluding hydrogens is 528 g/mol. The molecule has 3 aliphatic carbocycles. The van der Waals surface area contributed by atoms with E-state index >= 15 is 0 Å². The third-order valence-corrected chi connectivity index (χ3v) is 8.81. The van der Waals surface area contributed by atoms with Crippen molar-refractivity contribution in [1.82, 2.24) is 0 Å². The molecule has 0 radical (unpaired) electrons. The van der Waals surface area contributed by atoms with E-state index in [0.717, 1.165) is 33.4 Å². The SMILES string of the molecule is Cc1ccc(C)c(NC(=O)COC(=O)c2ccc(N3C(=O)[C@@H]4C5c6ccccc6C(c6ccccc65)[C@H]4C3=O)cc2)c1. The molecule has 4 aliphatic rings. The Morgan fingerprint density at radius 2 is 1.26 bits per heavy atom. The lowest BCUT2D eigenvalue weighted by molar-refractivity contribution is -0.122. The largest absolute Gasteiger partial charge is 0.452 e. The maximum absolute atomic E-state index is 13.9. The van der Waals surface area contributed by atoms with Gasteiger partial charge in [0.15, 0.2) is 6.61 Å². The zero-order valence-corrected chi connectivity index (χ0v) is 23.2. The quantitative estimate of drug-likeness (QED) is 0.259. The number of amides is 3. The molecule has 8 rings (SSSR count). The predicted octanol–water partition coefficient (Wildman–Crippen LogP) is 5.50. The van der Waals surface area contributed by atoms with Crippen LogP contribution in [0.1, 0.15) is 55.6 Å². The summed E-state index contributed by atoms with van der Waals surface area (Å²) in [6.07, 6.45) is 0. The Morgan fingerprint density at radius 1 is 0.738 bits per heavy atom.